The van der Waals surface area contributed by atoms with Crippen LogP contribution >= 0.6 is 11.6 Å². The van der Waals surface area contributed by atoms with E-state index < -0.39 is 0 Å². The topological polar surface area (TPSA) is 42.9 Å². The number of carbonyl (C=O) groups is 1. The minimum Gasteiger partial charge on any atom is -0.292 e. The highest BCUT2D eigenvalue weighted by Crippen LogP contribution is 2.73. The highest BCUT2D eigenvalue weighted by Gasteiger charge is 2.69. The first-order valence-electron chi connectivity index (χ1n) is 6.63. The average Bonchev–Trinajstić information content (AvgIpc) is 2.32. The van der Waals surface area contributed by atoms with Crippen LogP contribution in [0.2, 0.25) is 5.15 Å². The molecule has 0 aromatic carbocycles. The molecule has 2 atom stereocenters. The second-order valence-corrected chi connectivity index (χ2v) is 6.42. The molecule has 94 valence electrons. The molecule has 3 fully saturated rings. The highest BCUT2D eigenvalue weighted by molar-refractivity contribution is 6.32. The van der Waals surface area contributed by atoms with Crippen LogP contribution in [-0.2, 0) is 0 Å². The third-order valence-electron chi connectivity index (χ3n) is 5.41. The lowest BCUT2D eigenvalue weighted by Crippen LogP contribution is -2.69. The second kappa shape index (κ2) is 3.32. The Morgan fingerprint density at radius 2 is 1.78 bits per heavy atom. The minimum atomic E-state index is 0.139. The predicted molar refractivity (Wildman–Crippen MR) is 67.5 cm³/mol. The maximum absolute atomic E-state index is 12.5. The maximum Gasteiger partial charge on any atom is 0.187 e. The molecule has 1 aromatic rings. The van der Waals surface area contributed by atoms with Crippen LogP contribution in [0.25, 0.3) is 0 Å². The van der Waals surface area contributed by atoms with Crippen LogP contribution in [0.3, 0.4) is 0 Å². The zero-order valence-electron chi connectivity index (χ0n) is 10.5. The van der Waals surface area contributed by atoms with Gasteiger partial charge in [0.15, 0.2) is 10.9 Å². The molecule has 2 unspecified atom stereocenters. The van der Waals surface area contributed by atoms with Gasteiger partial charge in [0, 0.05) is 5.92 Å². The fourth-order valence-electron chi connectivity index (χ4n) is 4.27. The molecule has 0 radical (unpaired) electrons. The van der Waals surface area contributed by atoms with Crippen LogP contribution in [0.5, 0.6) is 0 Å². The summed E-state index contributed by atoms with van der Waals surface area (Å²) in [4.78, 5) is 21.1. The Labute approximate surface area is 111 Å². The number of halogens is 1. The van der Waals surface area contributed by atoms with Crippen LogP contribution in [0, 0.1) is 43.4 Å². The van der Waals surface area contributed by atoms with Gasteiger partial charge in [0.1, 0.15) is 5.69 Å². The molecule has 4 rings (SSSR count). The average molecular weight is 263 g/mol. The number of hydrogen-bond donors (Lipinski definition) is 0. The zero-order valence-corrected chi connectivity index (χ0v) is 11.2. The lowest BCUT2D eigenvalue weighted by molar-refractivity contribution is -0.226. The summed E-state index contributed by atoms with van der Waals surface area (Å²) in [6.07, 6.45) is 2.49. The first-order valence-corrected chi connectivity index (χ1v) is 7.00. The molecular formula is C14H15ClN2O. The molecule has 18 heavy (non-hydrogen) atoms. The van der Waals surface area contributed by atoms with Gasteiger partial charge in [-0.2, -0.15) is 0 Å². The van der Waals surface area contributed by atoms with Gasteiger partial charge in [-0.15, -0.1) is 0 Å². The molecule has 3 aliphatic carbocycles. The first kappa shape index (κ1) is 10.9. The standard InChI is InChI=1S/C14H15ClN2O/c1-5-6(2)17-14(15)12(16-5)13(18)11-8-3-7-4-9(11)10(7)8/h7-11H,3-4H2,1-2H3. The fraction of sp³-hybridized carbons (Fsp3) is 0.643. The fourth-order valence-corrected chi connectivity index (χ4v) is 4.53. The molecular weight excluding hydrogens is 248 g/mol. The summed E-state index contributed by atoms with van der Waals surface area (Å²) in [5.41, 5.74) is 2.01. The molecule has 0 spiro atoms. The predicted octanol–water partition coefficient (Wildman–Crippen LogP) is 2.83. The van der Waals surface area contributed by atoms with Gasteiger partial charge in [0.25, 0.3) is 0 Å². The maximum atomic E-state index is 12.5. The summed E-state index contributed by atoms with van der Waals surface area (Å²) in [5.74, 6) is 3.37. The lowest BCUT2D eigenvalue weighted by atomic mass is 9.31. The van der Waals surface area contributed by atoms with Crippen molar-refractivity contribution >= 4 is 17.4 Å². The number of carbonyl (C=O) groups excluding carboxylic acids is 1. The van der Waals surface area contributed by atoms with Crippen molar-refractivity contribution in [2.24, 2.45) is 29.6 Å². The lowest BCUT2D eigenvalue weighted by Gasteiger charge is -2.72. The molecule has 4 heteroatoms. The van der Waals surface area contributed by atoms with E-state index in [-0.39, 0.29) is 16.9 Å². The van der Waals surface area contributed by atoms with Crippen molar-refractivity contribution in [3.8, 4) is 0 Å². The Bertz CT molecular complexity index is 557. The van der Waals surface area contributed by atoms with Crippen molar-refractivity contribution in [1.82, 2.24) is 9.97 Å². The van der Waals surface area contributed by atoms with Crippen molar-refractivity contribution < 1.29 is 4.79 Å². The number of Topliss-reactive ketones (excluding diaryl/α,β-unsaturated/α-hetero) is 1. The van der Waals surface area contributed by atoms with Crippen LogP contribution in [0.4, 0.5) is 0 Å². The second-order valence-electron chi connectivity index (χ2n) is 6.06. The summed E-state index contributed by atoms with van der Waals surface area (Å²) in [5, 5.41) is 0.279. The Morgan fingerprint density at radius 3 is 2.33 bits per heavy atom. The van der Waals surface area contributed by atoms with Crippen molar-refractivity contribution in [3.63, 3.8) is 0 Å². The number of aryl methyl sites for hydroxylation is 2. The molecule has 0 amide bonds. The smallest absolute Gasteiger partial charge is 0.187 e. The summed E-state index contributed by atoms with van der Waals surface area (Å²) in [6.45, 7) is 3.74. The van der Waals surface area contributed by atoms with Crippen LogP contribution < -0.4 is 0 Å². The van der Waals surface area contributed by atoms with Gasteiger partial charge < -0.3 is 0 Å². The summed E-state index contributed by atoms with van der Waals surface area (Å²) in [6, 6.07) is 0. The summed E-state index contributed by atoms with van der Waals surface area (Å²) >= 11 is 6.09. The Balaban J connectivity index is 1.67. The number of ketones is 1. The van der Waals surface area contributed by atoms with Crippen molar-refractivity contribution in [3.05, 3.63) is 22.2 Å². The molecule has 0 N–H and O–H groups in total. The molecule has 3 nitrogen and oxygen atoms in total. The number of aromatic nitrogens is 2. The third kappa shape index (κ3) is 1.14. The molecule has 1 heterocycles. The summed E-state index contributed by atoms with van der Waals surface area (Å²) in [7, 11) is 0. The number of rotatable bonds is 2. The molecule has 3 saturated carbocycles. The van der Waals surface area contributed by atoms with E-state index in [1.54, 1.807) is 0 Å². The van der Waals surface area contributed by atoms with Gasteiger partial charge in [0.2, 0.25) is 0 Å². The van der Waals surface area contributed by atoms with E-state index in [4.69, 9.17) is 11.6 Å². The van der Waals surface area contributed by atoms with Gasteiger partial charge in [0.05, 0.1) is 11.4 Å². The summed E-state index contributed by atoms with van der Waals surface area (Å²) < 4.78 is 0. The van der Waals surface area contributed by atoms with Gasteiger partial charge in [-0.1, -0.05) is 11.6 Å². The van der Waals surface area contributed by atoms with E-state index in [0.717, 1.165) is 23.2 Å². The highest BCUT2D eigenvalue weighted by atomic mass is 35.5. The van der Waals surface area contributed by atoms with Crippen molar-refractivity contribution in [2.75, 3.05) is 0 Å². The third-order valence-corrected chi connectivity index (χ3v) is 5.67. The van der Waals surface area contributed by atoms with Crippen molar-refractivity contribution in [1.29, 1.82) is 0 Å². The van der Waals surface area contributed by atoms with E-state index in [1.165, 1.54) is 12.8 Å². The van der Waals surface area contributed by atoms with Crippen LogP contribution in [-0.4, -0.2) is 15.8 Å². The minimum absolute atomic E-state index is 0.139. The monoisotopic (exact) mass is 262 g/mol. The SMILES string of the molecule is Cc1nc(Cl)c(C(=O)C2C3CC4CC2C43)nc1C. The normalized spacial score (nSPS) is 39.2. The van der Waals surface area contributed by atoms with Gasteiger partial charge in [-0.3, -0.25) is 4.79 Å². The van der Waals surface area contributed by atoms with E-state index >= 15 is 0 Å². The molecule has 0 bridgehead atoms. The largest absolute Gasteiger partial charge is 0.292 e. The van der Waals surface area contributed by atoms with E-state index in [2.05, 4.69) is 9.97 Å². The van der Waals surface area contributed by atoms with Gasteiger partial charge in [-0.05, 0) is 50.4 Å². The number of nitrogens with zero attached hydrogens (tertiary/aromatic N) is 2. The van der Waals surface area contributed by atoms with Crippen LogP contribution in [0.1, 0.15) is 34.7 Å². The first-order chi connectivity index (χ1) is 8.58. The molecule has 3 aliphatic rings. The van der Waals surface area contributed by atoms with Gasteiger partial charge in [-0.25, -0.2) is 9.97 Å². The molecule has 0 aliphatic heterocycles. The Hall–Kier alpha value is -0.960. The van der Waals surface area contributed by atoms with Crippen molar-refractivity contribution in [2.45, 2.75) is 26.7 Å². The zero-order chi connectivity index (χ0) is 12.6. The van der Waals surface area contributed by atoms with E-state index in [1.807, 2.05) is 13.8 Å². The Morgan fingerprint density at radius 1 is 1.17 bits per heavy atom. The van der Waals surface area contributed by atoms with E-state index in [9.17, 15) is 4.79 Å². The molecule has 0 saturated heterocycles. The van der Waals surface area contributed by atoms with E-state index in [0.29, 0.717) is 17.5 Å². The van der Waals surface area contributed by atoms with Crippen LogP contribution in [0.15, 0.2) is 0 Å². The number of hydrogen-bond acceptors (Lipinski definition) is 3. The van der Waals surface area contributed by atoms with Gasteiger partial charge >= 0.3 is 0 Å². The Kier molecular flexibility index (Phi) is 2.02. The quantitative estimate of drug-likeness (QED) is 0.770. The molecule has 1 aromatic heterocycles.